The smallest absolute Gasteiger partial charge is 0.246 e. The fourth-order valence-corrected chi connectivity index (χ4v) is 2.31. The molecule has 2 N–H and O–H groups in total. The normalized spacial score (nSPS) is 14.4. The summed E-state index contributed by atoms with van der Waals surface area (Å²) in [5, 5.41) is 4.02. The molecule has 0 saturated carbocycles. The van der Waals surface area contributed by atoms with Crippen LogP contribution in [0, 0.1) is 6.92 Å². The Morgan fingerprint density at radius 2 is 2.16 bits per heavy atom. The predicted octanol–water partition coefficient (Wildman–Crippen LogP) is 3.78. The highest BCUT2D eigenvalue weighted by molar-refractivity contribution is 9.10. The Hall–Kier alpha value is -1.20. The third kappa shape index (κ3) is 3.04. The Bertz CT molecular complexity index is 578. The van der Waals surface area contributed by atoms with Crippen LogP contribution >= 0.6 is 15.9 Å². The van der Waals surface area contributed by atoms with Gasteiger partial charge in [0.1, 0.15) is 0 Å². The molecule has 0 aliphatic heterocycles. The van der Waals surface area contributed by atoms with Gasteiger partial charge >= 0.3 is 0 Å². The second-order valence-electron chi connectivity index (χ2n) is 5.05. The van der Waals surface area contributed by atoms with E-state index in [0.29, 0.717) is 11.7 Å². The van der Waals surface area contributed by atoms with E-state index in [0.717, 1.165) is 22.9 Å². The minimum Gasteiger partial charge on any atom is -0.337 e. The molecule has 0 bridgehead atoms. The van der Waals surface area contributed by atoms with Crippen molar-refractivity contribution in [2.45, 2.75) is 39.2 Å². The molecule has 1 aromatic carbocycles. The molecular formula is C14H18BrN3O. The van der Waals surface area contributed by atoms with E-state index in [9.17, 15) is 0 Å². The number of nitrogens with two attached hydrogens (primary N) is 1. The van der Waals surface area contributed by atoms with Crippen LogP contribution in [0.2, 0.25) is 0 Å². The maximum Gasteiger partial charge on any atom is 0.246 e. The van der Waals surface area contributed by atoms with E-state index in [1.807, 2.05) is 32.0 Å². The lowest BCUT2D eigenvalue weighted by molar-refractivity contribution is 0.284. The summed E-state index contributed by atoms with van der Waals surface area (Å²) in [7, 11) is 0. The van der Waals surface area contributed by atoms with Gasteiger partial charge in [0.25, 0.3) is 0 Å². The fourth-order valence-electron chi connectivity index (χ4n) is 1.93. The van der Waals surface area contributed by atoms with Crippen molar-refractivity contribution >= 4 is 15.9 Å². The summed E-state index contributed by atoms with van der Waals surface area (Å²) in [4.78, 5) is 4.42. The van der Waals surface area contributed by atoms with Gasteiger partial charge in [-0.05, 0) is 31.9 Å². The van der Waals surface area contributed by atoms with E-state index in [1.165, 1.54) is 5.56 Å². The van der Waals surface area contributed by atoms with Crippen LogP contribution in [-0.2, 0) is 5.54 Å². The van der Waals surface area contributed by atoms with Crippen molar-refractivity contribution in [2.24, 2.45) is 5.73 Å². The van der Waals surface area contributed by atoms with E-state index in [1.54, 1.807) is 0 Å². The van der Waals surface area contributed by atoms with Crippen molar-refractivity contribution in [1.29, 1.82) is 0 Å². The zero-order valence-electron chi connectivity index (χ0n) is 11.4. The monoisotopic (exact) mass is 323 g/mol. The van der Waals surface area contributed by atoms with E-state index >= 15 is 0 Å². The first kappa shape index (κ1) is 14.2. The van der Waals surface area contributed by atoms with Crippen molar-refractivity contribution < 1.29 is 4.52 Å². The number of halogens is 1. The molecule has 19 heavy (non-hydrogen) atoms. The highest BCUT2D eigenvalue weighted by Crippen LogP contribution is 2.27. The Balaban J connectivity index is 2.33. The standard InChI is InChI=1S/C14H18BrN3O/c1-4-7-14(3,16)13-17-12(18-19-13)10-6-5-9(2)11(15)8-10/h5-6,8H,4,7,16H2,1-3H3. The van der Waals surface area contributed by atoms with Crippen LogP contribution in [0.25, 0.3) is 11.4 Å². The van der Waals surface area contributed by atoms with Crippen LogP contribution < -0.4 is 5.73 Å². The maximum absolute atomic E-state index is 6.19. The van der Waals surface area contributed by atoms with Gasteiger partial charge in [0.05, 0.1) is 5.54 Å². The van der Waals surface area contributed by atoms with Gasteiger partial charge in [-0.1, -0.05) is 46.6 Å². The quantitative estimate of drug-likeness (QED) is 0.929. The molecule has 0 aliphatic carbocycles. The van der Waals surface area contributed by atoms with Gasteiger partial charge in [-0.25, -0.2) is 0 Å². The summed E-state index contributed by atoms with van der Waals surface area (Å²) in [6.07, 6.45) is 1.78. The van der Waals surface area contributed by atoms with E-state index in [-0.39, 0.29) is 0 Å². The summed E-state index contributed by atoms with van der Waals surface area (Å²) in [6, 6.07) is 5.98. The molecule has 1 atom stereocenters. The number of nitrogens with zero attached hydrogens (tertiary/aromatic N) is 2. The lowest BCUT2D eigenvalue weighted by Gasteiger charge is -2.18. The predicted molar refractivity (Wildman–Crippen MR) is 78.6 cm³/mol. The van der Waals surface area contributed by atoms with Crippen molar-refractivity contribution in [1.82, 2.24) is 10.1 Å². The fraction of sp³-hybridized carbons (Fsp3) is 0.429. The Kier molecular flexibility index (Phi) is 4.06. The summed E-state index contributed by atoms with van der Waals surface area (Å²) in [5.41, 5.74) is 7.71. The van der Waals surface area contributed by atoms with Crippen LogP contribution in [0.15, 0.2) is 27.2 Å². The van der Waals surface area contributed by atoms with E-state index in [4.69, 9.17) is 10.3 Å². The molecule has 1 heterocycles. The maximum atomic E-state index is 6.19. The summed E-state index contributed by atoms with van der Waals surface area (Å²) in [6.45, 7) is 6.03. The molecule has 0 saturated heterocycles. The average Bonchev–Trinajstić information content (AvgIpc) is 2.83. The number of rotatable bonds is 4. The van der Waals surface area contributed by atoms with Crippen LogP contribution in [0.5, 0.6) is 0 Å². The molecule has 4 nitrogen and oxygen atoms in total. The minimum absolute atomic E-state index is 0.487. The highest BCUT2D eigenvalue weighted by Gasteiger charge is 2.27. The zero-order chi connectivity index (χ0) is 14.0. The van der Waals surface area contributed by atoms with E-state index < -0.39 is 5.54 Å². The molecule has 1 aromatic heterocycles. The first-order valence-corrected chi connectivity index (χ1v) is 7.13. The highest BCUT2D eigenvalue weighted by atomic mass is 79.9. The van der Waals surface area contributed by atoms with Gasteiger partial charge in [0.15, 0.2) is 0 Å². The number of benzene rings is 1. The molecule has 2 rings (SSSR count). The molecular weight excluding hydrogens is 306 g/mol. The number of aromatic nitrogens is 2. The van der Waals surface area contributed by atoms with Gasteiger partial charge in [-0.15, -0.1) is 0 Å². The summed E-state index contributed by atoms with van der Waals surface area (Å²) in [5.74, 6) is 1.06. The molecule has 102 valence electrons. The Morgan fingerprint density at radius 3 is 2.79 bits per heavy atom. The molecule has 1 unspecified atom stereocenters. The van der Waals surface area contributed by atoms with Gasteiger partial charge in [0.2, 0.25) is 11.7 Å². The average molecular weight is 324 g/mol. The van der Waals surface area contributed by atoms with Crippen LogP contribution in [0.4, 0.5) is 0 Å². The molecule has 0 fully saturated rings. The van der Waals surface area contributed by atoms with Crippen LogP contribution in [0.3, 0.4) is 0 Å². The Morgan fingerprint density at radius 1 is 1.42 bits per heavy atom. The third-order valence-electron chi connectivity index (χ3n) is 3.11. The van der Waals surface area contributed by atoms with Crippen molar-refractivity contribution in [2.75, 3.05) is 0 Å². The first-order valence-electron chi connectivity index (χ1n) is 6.33. The molecule has 0 amide bonds. The SMILES string of the molecule is CCCC(C)(N)c1nc(-c2ccc(C)c(Br)c2)no1. The van der Waals surface area contributed by atoms with E-state index in [2.05, 4.69) is 33.0 Å². The second kappa shape index (κ2) is 5.43. The third-order valence-corrected chi connectivity index (χ3v) is 3.97. The molecule has 0 aliphatic rings. The number of hydrogen-bond acceptors (Lipinski definition) is 4. The lowest BCUT2D eigenvalue weighted by atomic mass is 9.98. The molecule has 0 radical (unpaired) electrons. The molecule has 2 aromatic rings. The van der Waals surface area contributed by atoms with Gasteiger partial charge in [0, 0.05) is 10.0 Å². The van der Waals surface area contributed by atoms with Crippen molar-refractivity contribution in [3.05, 3.63) is 34.1 Å². The Labute approximate surface area is 121 Å². The largest absolute Gasteiger partial charge is 0.337 e. The first-order chi connectivity index (χ1) is 8.94. The minimum atomic E-state index is -0.568. The summed E-state index contributed by atoms with van der Waals surface area (Å²) < 4.78 is 6.33. The molecule has 5 heteroatoms. The topological polar surface area (TPSA) is 64.9 Å². The van der Waals surface area contributed by atoms with Crippen LogP contribution in [-0.4, -0.2) is 10.1 Å². The van der Waals surface area contributed by atoms with Crippen LogP contribution in [0.1, 0.15) is 38.1 Å². The van der Waals surface area contributed by atoms with Crippen molar-refractivity contribution in [3.8, 4) is 11.4 Å². The van der Waals surface area contributed by atoms with Gasteiger partial charge in [-0.2, -0.15) is 4.98 Å². The zero-order valence-corrected chi connectivity index (χ0v) is 13.0. The van der Waals surface area contributed by atoms with Crippen molar-refractivity contribution in [3.63, 3.8) is 0 Å². The number of aryl methyl sites for hydroxylation is 1. The lowest BCUT2D eigenvalue weighted by Crippen LogP contribution is -2.33. The van der Waals surface area contributed by atoms with Gasteiger partial charge in [-0.3, -0.25) is 0 Å². The number of hydrogen-bond donors (Lipinski definition) is 1. The van der Waals surface area contributed by atoms with Gasteiger partial charge < -0.3 is 10.3 Å². The summed E-state index contributed by atoms with van der Waals surface area (Å²) >= 11 is 3.50. The molecule has 0 spiro atoms. The second-order valence-corrected chi connectivity index (χ2v) is 5.91.